The standard InChI is InChI=1S/C43H44N6O8/c1-47-36-11-12-44-22-35(36)32-6-3-27(17-38(32)47)28-4-10-40(45-21-28)57-31-19-30(20-31)56-16-15-54-13-2-14-55-25-26-23-48(24-26)29-5-7-33-34(18-29)43(53)49(42(33)52)37-8-9-39(50)46-41(37)51/h3-7,10-12,17-18,21-22,26,30-31,37H,2,8-9,13-16,19-20,23-25H2,1H3,(H,46,50,51). The number of benzene rings is 2. The van der Waals surface area contributed by atoms with E-state index >= 15 is 0 Å². The average Bonchev–Trinajstić information content (AvgIpc) is 3.61. The lowest BCUT2D eigenvalue weighted by Crippen LogP contribution is -2.54. The maximum atomic E-state index is 13.1. The van der Waals surface area contributed by atoms with Gasteiger partial charge in [0.2, 0.25) is 17.7 Å². The monoisotopic (exact) mass is 772 g/mol. The molecule has 0 spiro atoms. The molecule has 1 unspecified atom stereocenters. The Morgan fingerprint density at radius 1 is 0.789 bits per heavy atom. The van der Waals surface area contributed by atoms with Gasteiger partial charge in [0.25, 0.3) is 11.8 Å². The fourth-order valence-corrected chi connectivity index (χ4v) is 8.21. The molecule has 6 heterocycles. The van der Waals surface area contributed by atoms with Crippen molar-refractivity contribution in [1.82, 2.24) is 24.8 Å². The lowest BCUT2D eigenvalue weighted by Gasteiger charge is -2.41. The number of nitrogens with zero attached hydrogens (tertiary/aromatic N) is 5. The Hall–Kier alpha value is -5.70. The minimum Gasteiger partial charge on any atom is -0.474 e. The van der Waals surface area contributed by atoms with Crippen molar-refractivity contribution in [3.63, 3.8) is 0 Å². The van der Waals surface area contributed by atoms with Crippen molar-refractivity contribution in [3.8, 4) is 17.0 Å². The number of carbonyl (C=O) groups excluding carboxylic acids is 4. The molecule has 0 radical (unpaired) electrons. The van der Waals surface area contributed by atoms with Crippen molar-refractivity contribution < 1.29 is 38.1 Å². The Labute approximate surface area is 329 Å². The van der Waals surface area contributed by atoms with E-state index in [4.69, 9.17) is 18.9 Å². The predicted octanol–water partition coefficient (Wildman–Crippen LogP) is 4.68. The molecule has 9 rings (SSSR count). The molecule has 1 N–H and O–H groups in total. The van der Waals surface area contributed by atoms with Gasteiger partial charge in [0.05, 0.1) is 42.6 Å². The average molecular weight is 773 g/mol. The van der Waals surface area contributed by atoms with E-state index in [1.54, 1.807) is 12.1 Å². The van der Waals surface area contributed by atoms with Gasteiger partial charge in [-0.1, -0.05) is 12.1 Å². The summed E-state index contributed by atoms with van der Waals surface area (Å²) in [5.41, 5.74) is 5.89. The summed E-state index contributed by atoms with van der Waals surface area (Å²) in [7, 11) is 2.08. The Kier molecular flexibility index (Phi) is 10.2. The Morgan fingerprint density at radius 2 is 1.61 bits per heavy atom. The smallest absolute Gasteiger partial charge is 0.262 e. The number of hydrogen-bond donors (Lipinski definition) is 1. The zero-order valence-corrected chi connectivity index (χ0v) is 31.7. The van der Waals surface area contributed by atoms with Gasteiger partial charge in [-0.25, -0.2) is 4.98 Å². The third-order valence-electron chi connectivity index (χ3n) is 11.5. The SMILES string of the molecule is Cn1c2ccncc2c2ccc(-c3ccc(OC4CC(OCCOCCCOCC5CN(c6ccc7c(c6)C(=O)N(C6CCC(=O)NC6=O)C7=O)C5)C4)nc3)cc21. The molecule has 1 aliphatic carbocycles. The van der Waals surface area contributed by atoms with Gasteiger partial charge in [-0.3, -0.25) is 34.4 Å². The maximum absolute atomic E-state index is 13.1. The first-order valence-corrected chi connectivity index (χ1v) is 19.6. The number of hydrogen-bond acceptors (Lipinski definition) is 11. The number of nitrogens with one attached hydrogen (secondary N) is 1. The van der Waals surface area contributed by atoms with Crippen LogP contribution < -0.4 is 15.0 Å². The van der Waals surface area contributed by atoms with Crippen molar-refractivity contribution in [1.29, 1.82) is 0 Å². The molecule has 4 amide bonds. The minimum absolute atomic E-state index is 0.0919. The van der Waals surface area contributed by atoms with Crippen molar-refractivity contribution in [2.75, 3.05) is 51.0 Å². The summed E-state index contributed by atoms with van der Waals surface area (Å²) in [6.45, 7) is 4.48. The molecule has 2 aromatic carbocycles. The number of amides is 4. The van der Waals surface area contributed by atoms with E-state index in [9.17, 15) is 19.2 Å². The lowest BCUT2D eigenvalue weighted by molar-refractivity contribution is -0.136. The van der Waals surface area contributed by atoms with E-state index in [2.05, 4.69) is 56.1 Å². The van der Waals surface area contributed by atoms with Gasteiger partial charge >= 0.3 is 0 Å². The fraction of sp³-hybridized carbons (Fsp3) is 0.395. The van der Waals surface area contributed by atoms with Crippen LogP contribution in [0.4, 0.5) is 5.69 Å². The molecule has 294 valence electrons. The molecule has 0 bridgehead atoms. The highest BCUT2D eigenvalue weighted by atomic mass is 16.5. The largest absolute Gasteiger partial charge is 0.474 e. The van der Waals surface area contributed by atoms with Crippen molar-refractivity contribution >= 4 is 51.1 Å². The van der Waals surface area contributed by atoms with E-state index in [1.807, 2.05) is 36.8 Å². The van der Waals surface area contributed by atoms with Crippen molar-refractivity contribution in [2.45, 2.75) is 50.4 Å². The van der Waals surface area contributed by atoms with E-state index in [1.165, 1.54) is 5.39 Å². The van der Waals surface area contributed by atoms with Gasteiger partial charge in [-0.15, -0.1) is 0 Å². The van der Waals surface area contributed by atoms with Gasteiger partial charge in [-0.2, -0.15) is 0 Å². The summed E-state index contributed by atoms with van der Waals surface area (Å²) in [5.74, 6) is -1.01. The molecule has 57 heavy (non-hydrogen) atoms. The predicted molar refractivity (Wildman–Crippen MR) is 210 cm³/mol. The third kappa shape index (κ3) is 7.36. The van der Waals surface area contributed by atoms with E-state index < -0.39 is 29.7 Å². The van der Waals surface area contributed by atoms with Crippen LogP contribution in [0, 0.1) is 5.92 Å². The highest BCUT2D eigenvalue weighted by Gasteiger charge is 2.45. The quantitative estimate of drug-likeness (QED) is 0.117. The number of fused-ring (bicyclic) bond motifs is 4. The van der Waals surface area contributed by atoms with Gasteiger partial charge in [0, 0.05) is 111 Å². The first-order chi connectivity index (χ1) is 27.8. The number of piperidine rings is 1. The number of carbonyl (C=O) groups is 4. The first kappa shape index (κ1) is 36.9. The maximum Gasteiger partial charge on any atom is 0.262 e. The molecule has 14 nitrogen and oxygen atoms in total. The number of pyridine rings is 2. The van der Waals surface area contributed by atoms with Gasteiger partial charge in [0.15, 0.2) is 0 Å². The number of imide groups is 2. The normalized spacial score (nSPS) is 20.9. The summed E-state index contributed by atoms with van der Waals surface area (Å²) in [6.07, 6.45) is 8.55. The van der Waals surface area contributed by atoms with Crippen molar-refractivity contribution in [2.24, 2.45) is 13.0 Å². The van der Waals surface area contributed by atoms with Crippen LogP contribution in [-0.4, -0.2) is 107 Å². The Balaban J connectivity index is 0.618. The topological polar surface area (TPSA) is 154 Å². The number of ether oxygens (including phenoxy) is 4. The number of aryl methyl sites for hydroxylation is 1. The molecule has 3 aromatic heterocycles. The van der Waals surface area contributed by atoms with Crippen LogP contribution in [0.1, 0.15) is 52.8 Å². The Bertz CT molecular complexity index is 2350. The second kappa shape index (κ2) is 15.7. The first-order valence-electron chi connectivity index (χ1n) is 19.6. The number of anilines is 1. The molecule has 3 fully saturated rings. The van der Waals surface area contributed by atoms with E-state index in [0.717, 1.165) is 70.5 Å². The summed E-state index contributed by atoms with van der Waals surface area (Å²) in [4.78, 5) is 62.0. The van der Waals surface area contributed by atoms with Gasteiger partial charge in [-0.05, 0) is 54.8 Å². The molecular weight excluding hydrogens is 729 g/mol. The molecule has 14 heteroatoms. The highest BCUT2D eigenvalue weighted by molar-refractivity contribution is 6.23. The van der Waals surface area contributed by atoms with Crippen molar-refractivity contribution in [3.05, 3.63) is 84.3 Å². The van der Waals surface area contributed by atoms with E-state index in [0.29, 0.717) is 50.4 Å². The minimum atomic E-state index is -0.970. The molecule has 1 atom stereocenters. The summed E-state index contributed by atoms with van der Waals surface area (Å²) >= 11 is 0. The molecule has 4 aliphatic rings. The summed E-state index contributed by atoms with van der Waals surface area (Å²) in [5, 5.41) is 4.56. The molecule has 1 saturated carbocycles. The molecule has 5 aromatic rings. The molecule has 3 aliphatic heterocycles. The van der Waals surface area contributed by atoms with Crippen LogP contribution in [0.5, 0.6) is 5.88 Å². The van der Waals surface area contributed by atoms with Gasteiger partial charge < -0.3 is 28.4 Å². The zero-order valence-electron chi connectivity index (χ0n) is 31.7. The summed E-state index contributed by atoms with van der Waals surface area (Å²) in [6, 6.07) is 16.7. The van der Waals surface area contributed by atoms with Crippen LogP contribution in [0.15, 0.2) is 73.2 Å². The van der Waals surface area contributed by atoms with E-state index in [-0.39, 0.29) is 30.6 Å². The number of aromatic nitrogens is 3. The fourth-order valence-electron chi connectivity index (χ4n) is 8.21. The van der Waals surface area contributed by atoms with Crippen LogP contribution in [0.25, 0.3) is 32.9 Å². The van der Waals surface area contributed by atoms with Crippen LogP contribution >= 0.6 is 0 Å². The van der Waals surface area contributed by atoms with Gasteiger partial charge in [0.1, 0.15) is 12.1 Å². The van der Waals surface area contributed by atoms with Crippen LogP contribution in [0.3, 0.4) is 0 Å². The lowest BCUT2D eigenvalue weighted by atomic mass is 9.92. The van der Waals surface area contributed by atoms with Crippen LogP contribution in [0.2, 0.25) is 0 Å². The van der Waals surface area contributed by atoms with Crippen LogP contribution in [-0.2, 0) is 30.8 Å². The molecular formula is C43H44N6O8. The molecule has 2 saturated heterocycles. The second-order valence-electron chi connectivity index (χ2n) is 15.3. The highest BCUT2D eigenvalue weighted by Crippen LogP contribution is 2.34. The second-order valence-corrected chi connectivity index (χ2v) is 15.3. The number of rotatable bonds is 15. The zero-order chi connectivity index (χ0) is 39.0. The summed E-state index contributed by atoms with van der Waals surface area (Å²) < 4.78 is 25.9. The third-order valence-corrected chi connectivity index (χ3v) is 11.5. The Morgan fingerprint density at radius 3 is 2.44 bits per heavy atom.